The van der Waals surface area contributed by atoms with Gasteiger partial charge in [0.25, 0.3) is 5.91 Å². The summed E-state index contributed by atoms with van der Waals surface area (Å²) in [6.45, 7) is 6.84. The van der Waals surface area contributed by atoms with Gasteiger partial charge in [-0.25, -0.2) is 9.78 Å². The van der Waals surface area contributed by atoms with E-state index in [0.717, 1.165) is 27.9 Å². The zero-order valence-electron chi connectivity index (χ0n) is 24.7. The Balaban J connectivity index is 1.57. The van der Waals surface area contributed by atoms with E-state index in [-0.39, 0.29) is 0 Å². The number of H-pyrrole nitrogens is 1. The van der Waals surface area contributed by atoms with Crippen LogP contribution in [0.5, 0.6) is 0 Å². The van der Waals surface area contributed by atoms with Crippen LogP contribution in [-0.4, -0.2) is 82.6 Å². The molecule has 2 aromatic heterocycles. The van der Waals surface area contributed by atoms with Crippen LogP contribution in [-0.2, 0) is 14.3 Å². The molecule has 1 aromatic carbocycles. The van der Waals surface area contributed by atoms with E-state index in [9.17, 15) is 9.59 Å². The summed E-state index contributed by atoms with van der Waals surface area (Å²) in [7, 11) is 3.10. The van der Waals surface area contributed by atoms with Crippen molar-refractivity contribution >= 4 is 40.4 Å². The van der Waals surface area contributed by atoms with Gasteiger partial charge < -0.3 is 25.4 Å². The van der Waals surface area contributed by atoms with Crippen molar-refractivity contribution in [1.82, 2.24) is 30.4 Å². The minimum atomic E-state index is -1.08. The molecule has 0 radical (unpaired) electrons. The molecule has 4 N–H and O–H groups in total. The largest absolute Gasteiger partial charge is 0.444 e. The highest BCUT2D eigenvalue weighted by molar-refractivity contribution is 5.88. The second-order valence-electron chi connectivity index (χ2n) is 10.4. The third kappa shape index (κ3) is 9.68. The number of terminal acetylenes is 1. The van der Waals surface area contributed by atoms with Gasteiger partial charge in [0, 0.05) is 51.3 Å². The SMILES string of the molecule is C#C[C@@H](C(=O)NCCCC#Cc1cnc(Nc2ccc3[nH]ncc3c2)nc1NCCCOC)N(C)C(=O)OC(C)(C)C. The van der Waals surface area contributed by atoms with Gasteiger partial charge >= 0.3 is 6.09 Å². The molecule has 0 bridgehead atoms. The van der Waals surface area contributed by atoms with E-state index < -0.39 is 23.6 Å². The Labute approximate surface area is 246 Å². The first-order valence-corrected chi connectivity index (χ1v) is 13.6. The number of hydrogen-bond donors (Lipinski definition) is 4. The van der Waals surface area contributed by atoms with Gasteiger partial charge in [0.1, 0.15) is 11.4 Å². The van der Waals surface area contributed by atoms with Gasteiger partial charge in [0.15, 0.2) is 6.04 Å². The van der Waals surface area contributed by atoms with E-state index in [1.54, 1.807) is 40.3 Å². The summed E-state index contributed by atoms with van der Waals surface area (Å²) < 4.78 is 10.4. The van der Waals surface area contributed by atoms with Crippen LogP contribution in [0.3, 0.4) is 0 Å². The molecule has 12 nitrogen and oxygen atoms in total. The molecule has 0 aliphatic carbocycles. The normalized spacial score (nSPS) is 11.5. The molecule has 0 saturated heterocycles. The summed E-state index contributed by atoms with van der Waals surface area (Å²) in [5.41, 5.74) is 1.73. The van der Waals surface area contributed by atoms with Gasteiger partial charge in [-0.15, -0.1) is 6.42 Å². The number of ether oxygens (including phenoxy) is 2. The number of aromatic nitrogens is 4. The van der Waals surface area contributed by atoms with Crippen molar-refractivity contribution in [2.24, 2.45) is 0 Å². The number of carbonyl (C=O) groups is 2. The summed E-state index contributed by atoms with van der Waals surface area (Å²) in [6.07, 6.45) is 10.2. The molecule has 2 heterocycles. The lowest BCUT2D eigenvalue weighted by atomic mass is 10.2. The number of methoxy groups -OCH3 is 1. The maximum absolute atomic E-state index is 12.6. The molecule has 222 valence electrons. The molecular formula is C30H38N8O4. The highest BCUT2D eigenvalue weighted by Gasteiger charge is 2.28. The van der Waals surface area contributed by atoms with Crippen molar-refractivity contribution in [3.05, 3.63) is 36.2 Å². The predicted molar refractivity (Wildman–Crippen MR) is 162 cm³/mol. The van der Waals surface area contributed by atoms with Crippen molar-refractivity contribution in [2.75, 3.05) is 44.5 Å². The smallest absolute Gasteiger partial charge is 0.411 e. The van der Waals surface area contributed by atoms with Gasteiger partial charge in [-0.05, 0) is 51.8 Å². The van der Waals surface area contributed by atoms with Crippen molar-refractivity contribution < 1.29 is 19.1 Å². The molecule has 0 spiro atoms. The number of hydrogen-bond acceptors (Lipinski definition) is 9. The van der Waals surface area contributed by atoms with Crippen LogP contribution in [0.1, 0.15) is 45.6 Å². The topological polar surface area (TPSA) is 146 Å². The highest BCUT2D eigenvalue weighted by atomic mass is 16.6. The molecule has 3 aromatic rings. The summed E-state index contributed by atoms with van der Waals surface area (Å²) >= 11 is 0. The summed E-state index contributed by atoms with van der Waals surface area (Å²) in [6, 6.07) is 4.73. The number of amides is 2. The number of fused-ring (bicyclic) bond motifs is 1. The summed E-state index contributed by atoms with van der Waals surface area (Å²) in [5.74, 6) is 9.16. The molecule has 0 aliphatic heterocycles. The first-order valence-electron chi connectivity index (χ1n) is 13.6. The molecule has 0 aliphatic rings. The fraction of sp³-hybridized carbons (Fsp3) is 0.433. The van der Waals surface area contributed by atoms with E-state index in [1.165, 1.54) is 7.05 Å². The second kappa shape index (κ2) is 15.3. The Hall–Kier alpha value is -4.81. The Kier molecular flexibility index (Phi) is 11.5. The van der Waals surface area contributed by atoms with Crippen molar-refractivity contribution in [1.29, 1.82) is 0 Å². The van der Waals surface area contributed by atoms with Gasteiger partial charge in [-0.2, -0.15) is 10.1 Å². The number of likely N-dealkylation sites (N-methyl/N-ethyl adjacent to an activating group) is 1. The lowest BCUT2D eigenvalue weighted by Crippen LogP contribution is -2.48. The van der Waals surface area contributed by atoms with Gasteiger partial charge in [0.05, 0.1) is 23.5 Å². The maximum atomic E-state index is 12.6. The number of nitrogens with zero attached hydrogens (tertiary/aromatic N) is 4. The lowest BCUT2D eigenvalue weighted by molar-refractivity contribution is -0.124. The number of anilines is 3. The fourth-order valence-electron chi connectivity index (χ4n) is 3.69. The fourth-order valence-corrected chi connectivity index (χ4v) is 3.69. The van der Waals surface area contributed by atoms with Crippen LogP contribution < -0.4 is 16.0 Å². The number of benzene rings is 1. The van der Waals surface area contributed by atoms with Crippen LogP contribution in [0.2, 0.25) is 0 Å². The van der Waals surface area contributed by atoms with E-state index in [0.29, 0.717) is 49.9 Å². The van der Waals surface area contributed by atoms with Crippen molar-refractivity contribution in [2.45, 2.75) is 51.7 Å². The Bertz CT molecular complexity index is 1460. The molecule has 3 rings (SSSR count). The van der Waals surface area contributed by atoms with Gasteiger partial charge in [-0.1, -0.05) is 17.8 Å². The number of carbonyl (C=O) groups excluding carboxylic acids is 2. The molecule has 0 saturated carbocycles. The number of aromatic amines is 1. The summed E-state index contributed by atoms with van der Waals surface area (Å²) in [4.78, 5) is 35.0. The first-order chi connectivity index (χ1) is 20.1. The van der Waals surface area contributed by atoms with E-state index in [4.69, 9.17) is 15.9 Å². The third-order valence-corrected chi connectivity index (χ3v) is 5.78. The van der Waals surface area contributed by atoms with Crippen molar-refractivity contribution in [3.63, 3.8) is 0 Å². The van der Waals surface area contributed by atoms with E-state index >= 15 is 0 Å². The van der Waals surface area contributed by atoms with E-state index in [2.05, 4.69) is 53.9 Å². The highest BCUT2D eigenvalue weighted by Crippen LogP contribution is 2.21. The lowest BCUT2D eigenvalue weighted by Gasteiger charge is -2.27. The molecule has 42 heavy (non-hydrogen) atoms. The number of rotatable bonds is 12. The average Bonchev–Trinajstić information content (AvgIpc) is 3.41. The summed E-state index contributed by atoms with van der Waals surface area (Å²) in [5, 5.41) is 17.2. The molecule has 0 unspecified atom stereocenters. The predicted octanol–water partition coefficient (Wildman–Crippen LogP) is 3.66. The quantitative estimate of drug-likeness (QED) is 0.188. The van der Waals surface area contributed by atoms with Gasteiger partial charge in [0.2, 0.25) is 5.95 Å². The Morgan fingerprint density at radius 1 is 1.19 bits per heavy atom. The van der Waals surface area contributed by atoms with Crippen LogP contribution in [0, 0.1) is 24.2 Å². The van der Waals surface area contributed by atoms with Crippen LogP contribution in [0.15, 0.2) is 30.6 Å². The number of nitrogens with one attached hydrogen (secondary N) is 4. The zero-order chi connectivity index (χ0) is 30.5. The Morgan fingerprint density at radius 3 is 2.74 bits per heavy atom. The zero-order valence-corrected chi connectivity index (χ0v) is 24.7. The maximum Gasteiger partial charge on any atom is 0.411 e. The Morgan fingerprint density at radius 2 is 2.00 bits per heavy atom. The van der Waals surface area contributed by atoms with Gasteiger partial charge in [-0.3, -0.25) is 14.8 Å². The third-order valence-electron chi connectivity index (χ3n) is 5.78. The van der Waals surface area contributed by atoms with Crippen LogP contribution in [0.4, 0.5) is 22.2 Å². The molecule has 2 amide bonds. The minimum Gasteiger partial charge on any atom is -0.444 e. The average molecular weight is 575 g/mol. The molecule has 1 atom stereocenters. The second-order valence-corrected chi connectivity index (χ2v) is 10.4. The molecule has 0 fully saturated rings. The van der Waals surface area contributed by atoms with Crippen molar-refractivity contribution in [3.8, 4) is 24.2 Å². The van der Waals surface area contributed by atoms with Crippen LogP contribution >= 0.6 is 0 Å². The standard InChI is InChI=1S/C30H38N8O4/c1-7-25(38(5)29(40)42-30(2,3)4)27(39)32-15-10-8-9-12-21-19-33-28(36-26(21)31-16-11-17-41-6)35-23-13-14-24-22(18-23)20-34-37-24/h1,13-14,18-20,25H,8,10-11,15-17H2,2-6H3,(H,32,39)(H,34,37)(H2,31,33,35,36)/t25-/m0/s1. The van der Waals surface area contributed by atoms with Crippen LogP contribution in [0.25, 0.3) is 10.9 Å². The molecular weight excluding hydrogens is 536 g/mol. The van der Waals surface area contributed by atoms with E-state index in [1.807, 2.05) is 18.2 Å². The number of unbranched alkanes of at least 4 members (excludes halogenated alkanes) is 1. The first kappa shape index (κ1) is 31.7. The monoisotopic (exact) mass is 574 g/mol. The molecule has 12 heteroatoms. The minimum absolute atomic E-state index is 0.344.